The molecular weight excluding hydrogens is 260 g/mol. The average Bonchev–Trinajstić information content (AvgIpc) is 2.71. The largest absolute Gasteiger partial charge is 0.494 e. The van der Waals surface area contributed by atoms with E-state index in [1.165, 1.54) is 0 Å². The Hall–Kier alpha value is -2.31. The van der Waals surface area contributed by atoms with E-state index in [1.54, 1.807) is 17.9 Å². The second-order valence-corrected chi connectivity index (χ2v) is 4.78. The van der Waals surface area contributed by atoms with E-state index >= 15 is 0 Å². The molecule has 2 rings (SSSR count). The second-order valence-electron chi connectivity index (χ2n) is 4.78. The minimum atomic E-state index is -0.615. The van der Waals surface area contributed by atoms with Gasteiger partial charge >= 0.3 is 5.69 Å². The molecule has 0 aliphatic rings. The minimum Gasteiger partial charge on any atom is -0.494 e. The number of aromatic nitrogens is 4. The highest BCUT2D eigenvalue weighted by atomic mass is 16.3. The molecule has 0 fully saturated rings. The van der Waals surface area contributed by atoms with Crippen LogP contribution >= 0.6 is 0 Å². The maximum absolute atomic E-state index is 11.9. The number of rotatable bonds is 4. The van der Waals surface area contributed by atoms with Crippen LogP contribution in [0.25, 0.3) is 0 Å². The van der Waals surface area contributed by atoms with Gasteiger partial charge < -0.3 is 5.11 Å². The summed E-state index contributed by atoms with van der Waals surface area (Å²) in [6, 6.07) is 0. The number of H-pyrrole nitrogens is 1. The molecule has 7 nitrogen and oxygen atoms in total. The Balaban J connectivity index is 2.52. The molecule has 0 aliphatic heterocycles. The number of aryl methyl sites for hydroxylation is 1. The fourth-order valence-corrected chi connectivity index (χ4v) is 2.09. The molecule has 2 N–H and O–H groups in total. The molecule has 2 heterocycles. The highest BCUT2D eigenvalue weighted by Gasteiger charge is 2.15. The van der Waals surface area contributed by atoms with Crippen molar-refractivity contribution >= 4 is 0 Å². The lowest BCUT2D eigenvalue weighted by Gasteiger charge is -2.10. The van der Waals surface area contributed by atoms with Gasteiger partial charge in [0, 0.05) is 18.3 Å². The van der Waals surface area contributed by atoms with E-state index in [1.807, 2.05) is 13.8 Å². The molecule has 0 amide bonds. The molecule has 0 atom stereocenters. The fraction of sp³-hybridized carbons (Fsp3) is 0.462. The predicted molar refractivity (Wildman–Crippen MR) is 74.0 cm³/mol. The Morgan fingerprint density at radius 2 is 2.10 bits per heavy atom. The van der Waals surface area contributed by atoms with Crippen molar-refractivity contribution in [2.45, 2.75) is 33.2 Å². The van der Waals surface area contributed by atoms with Crippen LogP contribution in [0.4, 0.5) is 0 Å². The molecule has 0 saturated carbocycles. The summed E-state index contributed by atoms with van der Waals surface area (Å²) in [6.45, 7) is 3.96. The van der Waals surface area contributed by atoms with E-state index in [9.17, 15) is 14.7 Å². The summed E-state index contributed by atoms with van der Waals surface area (Å²) >= 11 is 0. The van der Waals surface area contributed by atoms with Crippen LogP contribution in [0.2, 0.25) is 0 Å². The van der Waals surface area contributed by atoms with Crippen molar-refractivity contribution in [3.05, 3.63) is 43.9 Å². The molecule has 108 valence electrons. The second kappa shape index (κ2) is 5.36. The zero-order valence-electron chi connectivity index (χ0n) is 11.8. The van der Waals surface area contributed by atoms with Gasteiger partial charge in [-0.25, -0.2) is 4.79 Å². The molecule has 20 heavy (non-hydrogen) atoms. The highest BCUT2D eigenvalue weighted by Crippen LogP contribution is 2.15. The van der Waals surface area contributed by atoms with E-state index in [0.29, 0.717) is 12.8 Å². The molecule has 0 aromatic carbocycles. The van der Waals surface area contributed by atoms with Gasteiger partial charge in [-0.15, -0.1) is 0 Å². The zero-order valence-corrected chi connectivity index (χ0v) is 11.8. The van der Waals surface area contributed by atoms with Gasteiger partial charge in [0.25, 0.3) is 5.56 Å². The number of hydrogen-bond acceptors (Lipinski definition) is 4. The molecule has 0 radical (unpaired) electrons. The maximum Gasteiger partial charge on any atom is 0.331 e. The maximum atomic E-state index is 11.9. The lowest BCUT2D eigenvalue weighted by molar-refractivity contribution is 0.400. The van der Waals surface area contributed by atoms with Gasteiger partial charge in [0.2, 0.25) is 5.88 Å². The third-order valence-corrected chi connectivity index (χ3v) is 3.43. The van der Waals surface area contributed by atoms with Crippen molar-refractivity contribution in [3.63, 3.8) is 0 Å². The first-order chi connectivity index (χ1) is 9.45. The van der Waals surface area contributed by atoms with Crippen LogP contribution in [0.3, 0.4) is 0 Å². The van der Waals surface area contributed by atoms with Crippen LogP contribution in [0.15, 0.2) is 15.8 Å². The van der Waals surface area contributed by atoms with Gasteiger partial charge in [-0.05, 0) is 13.3 Å². The molecular formula is C13H18N4O3. The summed E-state index contributed by atoms with van der Waals surface area (Å²) in [6.07, 6.45) is 2.78. The quantitative estimate of drug-likeness (QED) is 0.840. The van der Waals surface area contributed by atoms with Crippen molar-refractivity contribution in [2.24, 2.45) is 7.05 Å². The summed E-state index contributed by atoms with van der Waals surface area (Å²) in [7, 11) is 1.80. The highest BCUT2D eigenvalue weighted by molar-refractivity contribution is 5.25. The van der Waals surface area contributed by atoms with E-state index in [4.69, 9.17) is 0 Å². The van der Waals surface area contributed by atoms with Crippen molar-refractivity contribution < 1.29 is 5.11 Å². The van der Waals surface area contributed by atoms with Crippen LogP contribution in [0.1, 0.15) is 30.2 Å². The topological polar surface area (TPSA) is 92.9 Å². The van der Waals surface area contributed by atoms with Gasteiger partial charge in [-0.3, -0.25) is 19.0 Å². The number of hydrogen-bond donors (Lipinski definition) is 2. The van der Waals surface area contributed by atoms with E-state index in [2.05, 4.69) is 10.1 Å². The van der Waals surface area contributed by atoms with Crippen molar-refractivity contribution in [1.29, 1.82) is 0 Å². The third kappa shape index (κ3) is 2.38. The Morgan fingerprint density at radius 1 is 1.40 bits per heavy atom. The van der Waals surface area contributed by atoms with Crippen LogP contribution in [-0.4, -0.2) is 24.4 Å². The zero-order chi connectivity index (χ0) is 14.9. The Morgan fingerprint density at radius 3 is 2.65 bits per heavy atom. The van der Waals surface area contributed by atoms with Crippen LogP contribution < -0.4 is 11.2 Å². The van der Waals surface area contributed by atoms with Crippen molar-refractivity contribution in [3.8, 4) is 5.88 Å². The smallest absolute Gasteiger partial charge is 0.331 e. The van der Waals surface area contributed by atoms with Gasteiger partial charge in [0.05, 0.1) is 18.3 Å². The van der Waals surface area contributed by atoms with Gasteiger partial charge in [0.1, 0.15) is 0 Å². The minimum absolute atomic E-state index is 0.178. The average molecular weight is 278 g/mol. The number of nitrogens with one attached hydrogen (secondary N) is 1. The Labute approximate surface area is 115 Å². The van der Waals surface area contributed by atoms with E-state index in [-0.39, 0.29) is 18.0 Å². The molecule has 2 aromatic heterocycles. The Bertz CT molecular complexity index is 739. The summed E-state index contributed by atoms with van der Waals surface area (Å²) in [5.41, 5.74) is 0.830. The summed E-state index contributed by atoms with van der Waals surface area (Å²) < 4.78 is 2.85. The van der Waals surface area contributed by atoms with Crippen LogP contribution in [0, 0.1) is 6.92 Å². The lowest BCUT2D eigenvalue weighted by atomic mass is 10.2. The molecule has 0 aliphatic carbocycles. The number of aromatic hydroxyl groups is 1. The SMILES string of the molecule is CCCc1c(O)n(Cc2cnn(C)c2C)c(=O)[nH]c1=O. The standard InChI is InChI=1S/C13H18N4O3/c1-4-5-10-11(18)15-13(20)17(12(10)19)7-9-6-14-16(3)8(9)2/h6,19H,4-5,7H2,1-3H3,(H,15,18,20). The summed E-state index contributed by atoms with van der Waals surface area (Å²) in [4.78, 5) is 25.8. The molecule has 0 unspecified atom stereocenters. The molecule has 7 heteroatoms. The molecule has 0 saturated heterocycles. The monoisotopic (exact) mass is 278 g/mol. The molecule has 2 aromatic rings. The van der Waals surface area contributed by atoms with E-state index in [0.717, 1.165) is 15.8 Å². The lowest BCUT2D eigenvalue weighted by Crippen LogP contribution is -2.32. The van der Waals surface area contributed by atoms with Crippen LogP contribution in [0.5, 0.6) is 5.88 Å². The number of aromatic amines is 1. The van der Waals surface area contributed by atoms with Gasteiger partial charge in [0.15, 0.2) is 0 Å². The first-order valence-electron chi connectivity index (χ1n) is 6.48. The normalized spacial score (nSPS) is 10.9. The van der Waals surface area contributed by atoms with Crippen molar-refractivity contribution in [2.75, 3.05) is 0 Å². The Kier molecular flexibility index (Phi) is 3.78. The summed E-state index contributed by atoms with van der Waals surface area (Å²) in [5.74, 6) is -0.260. The summed E-state index contributed by atoms with van der Waals surface area (Å²) in [5, 5.41) is 14.3. The predicted octanol–water partition coefficient (Wildman–Crippen LogP) is 0.285. The van der Waals surface area contributed by atoms with Crippen molar-refractivity contribution in [1.82, 2.24) is 19.3 Å². The molecule has 0 spiro atoms. The fourth-order valence-electron chi connectivity index (χ4n) is 2.09. The van der Waals surface area contributed by atoms with E-state index < -0.39 is 11.2 Å². The first-order valence-corrected chi connectivity index (χ1v) is 6.48. The first kappa shape index (κ1) is 14.1. The van der Waals surface area contributed by atoms with Gasteiger partial charge in [-0.1, -0.05) is 13.3 Å². The number of nitrogens with zero attached hydrogens (tertiary/aromatic N) is 3. The van der Waals surface area contributed by atoms with Gasteiger partial charge in [-0.2, -0.15) is 5.10 Å². The molecule has 0 bridgehead atoms. The van der Waals surface area contributed by atoms with Crippen LogP contribution in [-0.2, 0) is 20.0 Å². The third-order valence-electron chi connectivity index (χ3n) is 3.43.